The molecular weight excluding hydrogens is 446 g/mol. The van der Waals surface area contributed by atoms with Gasteiger partial charge in [-0.25, -0.2) is 4.79 Å². The first-order chi connectivity index (χ1) is 16.9. The minimum Gasteiger partial charge on any atom is -0.383 e. The van der Waals surface area contributed by atoms with Gasteiger partial charge in [-0.05, 0) is 49.1 Å². The zero-order chi connectivity index (χ0) is 24.9. The highest BCUT2D eigenvalue weighted by molar-refractivity contribution is 6.07. The molecule has 1 heterocycles. The van der Waals surface area contributed by atoms with Gasteiger partial charge in [0.15, 0.2) is 5.69 Å². The second-order valence-electron chi connectivity index (χ2n) is 8.72. The van der Waals surface area contributed by atoms with Crippen LogP contribution in [-0.4, -0.2) is 21.4 Å². The van der Waals surface area contributed by atoms with Crippen LogP contribution in [0.2, 0.25) is 0 Å². The summed E-state index contributed by atoms with van der Waals surface area (Å²) in [6.45, 7) is 2.39. The van der Waals surface area contributed by atoms with Crippen LogP contribution in [0, 0.1) is 5.92 Å². The monoisotopic (exact) mass is 475 g/mol. The van der Waals surface area contributed by atoms with Crippen LogP contribution in [0.5, 0.6) is 0 Å². The Kier molecular flexibility index (Phi) is 7.14. The van der Waals surface area contributed by atoms with Crippen LogP contribution < -0.4 is 27.2 Å². The lowest BCUT2D eigenvalue weighted by Gasteiger charge is -2.25. The summed E-state index contributed by atoms with van der Waals surface area (Å²) in [7, 11) is 0. The van der Waals surface area contributed by atoms with Crippen molar-refractivity contribution in [3.63, 3.8) is 0 Å². The molecule has 0 atom stereocenters. The molecule has 4 N–H and O–H groups in total. The van der Waals surface area contributed by atoms with Gasteiger partial charge in [-0.1, -0.05) is 43.7 Å². The standard InChI is InChI=1S/C26H29N5O4/c1-2-3-15-30-22(27)21(24(33)29-26(30)35)31(16-17-7-5-4-6-8-17)25(34)19-11-13-20(14-12-19)28-23(32)18-9-10-18/h4-8,11-14,18H,2-3,9-10,15-16,27H2,1H3,(H,28,32)(H,29,33,35). The number of rotatable bonds is 9. The summed E-state index contributed by atoms with van der Waals surface area (Å²) in [5, 5.41) is 2.85. The quantitative estimate of drug-likeness (QED) is 0.438. The number of aromatic amines is 1. The van der Waals surface area contributed by atoms with E-state index >= 15 is 0 Å². The van der Waals surface area contributed by atoms with E-state index in [0.29, 0.717) is 24.2 Å². The number of nitrogens with one attached hydrogen (secondary N) is 2. The summed E-state index contributed by atoms with van der Waals surface area (Å²) >= 11 is 0. The fraction of sp³-hybridized carbons (Fsp3) is 0.308. The number of nitrogens with zero attached hydrogens (tertiary/aromatic N) is 2. The summed E-state index contributed by atoms with van der Waals surface area (Å²) in [5.74, 6) is -0.462. The van der Waals surface area contributed by atoms with Gasteiger partial charge < -0.3 is 11.1 Å². The third-order valence-corrected chi connectivity index (χ3v) is 6.00. The van der Waals surface area contributed by atoms with Crippen molar-refractivity contribution in [1.82, 2.24) is 9.55 Å². The minimum atomic E-state index is -0.724. The van der Waals surface area contributed by atoms with Gasteiger partial charge in [0.25, 0.3) is 11.5 Å². The van der Waals surface area contributed by atoms with Crippen LogP contribution in [0.4, 0.5) is 17.2 Å². The number of unbranched alkanes of at least 4 members (excludes halogenated alkanes) is 1. The molecule has 1 aromatic heterocycles. The van der Waals surface area contributed by atoms with Gasteiger partial charge in [-0.15, -0.1) is 0 Å². The van der Waals surface area contributed by atoms with Crippen molar-refractivity contribution in [2.75, 3.05) is 16.0 Å². The predicted octanol–water partition coefficient (Wildman–Crippen LogP) is 3.11. The Morgan fingerprint density at radius 2 is 1.77 bits per heavy atom. The van der Waals surface area contributed by atoms with Crippen molar-refractivity contribution in [3.05, 3.63) is 86.6 Å². The van der Waals surface area contributed by atoms with Crippen LogP contribution in [0.15, 0.2) is 64.2 Å². The average molecular weight is 476 g/mol. The molecule has 0 spiro atoms. The maximum Gasteiger partial charge on any atom is 0.330 e. The van der Waals surface area contributed by atoms with E-state index in [1.807, 2.05) is 37.3 Å². The van der Waals surface area contributed by atoms with Gasteiger partial charge in [0, 0.05) is 23.7 Å². The zero-order valence-corrected chi connectivity index (χ0v) is 19.6. The van der Waals surface area contributed by atoms with Crippen molar-refractivity contribution in [2.24, 2.45) is 5.92 Å². The number of anilines is 3. The molecule has 4 rings (SSSR count). The molecule has 1 aliphatic carbocycles. The van der Waals surface area contributed by atoms with E-state index in [1.165, 1.54) is 9.47 Å². The Balaban J connectivity index is 1.71. The fourth-order valence-corrected chi connectivity index (χ4v) is 3.84. The molecule has 0 unspecified atom stereocenters. The number of aromatic nitrogens is 2. The number of hydrogen-bond acceptors (Lipinski definition) is 5. The SMILES string of the molecule is CCCCn1c(N)c(N(Cc2ccccc2)C(=O)c2ccc(NC(=O)C3CC3)cc2)c(=O)[nH]c1=O. The second-order valence-corrected chi connectivity index (χ2v) is 8.72. The number of amides is 2. The molecule has 0 saturated heterocycles. The molecule has 0 bridgehead atoms. The number of hydrogen-bond donors (Lipinski definition) is 3. The van der Waals surface area contributed by atoms with Crippen LogP contribution in [0.1, 0.15) is 48.5 Å². The second kappa shape index (κ2) is 10.4. The lowest BCUT2D eigenvalue weighted by molar-refractivity contribution is -0.117. The van der Waals surface area contributed by atoms with Gasteiger partial charge in [-0.3, -0.25) is 28.8 Å². The number of nitrogen functional groups attached to an aromatic ring is 1. The third-order valence-electron chi connectivity index (χ3n) is 6.00. The number of H-pyrrole nitrogens is 1. The summed E-state index contributed by atoms with van der Waals surface area (Å²) in [5.41, 5.74) is 6.62. The van der Waals surface area contributed by atoms with Gasteiger partial charge >= 0.3 is 5.69 Å². The van der Waals surface area contributed by atoms with Crippen molar-refractivity contribution in [2.45, 2.75) is 45.7 Å². The Morgan fingerprint density at radius 3 is 2.40 bits per heavy atom. The molecule has 1 fully saturated rings. The van der Waals surface area contributed by atoms with E-state index in [1.54, 1.807) is 24.3 Å². The van der Waals surface area contributed by atoms with E-state index in [-0.39, 0.29) is 29.9 Å². The van der Waals surface area contributed by atoms with Crippen molar-refractivity contribution < 1.29 is 9.59 Å². The van der Waals surface area contributed by atoms with Gasteiger partial charge in [0.1, 0.15) is 5.82 Å². The van der Waals surface area contributed by atoms with E-state index < -0.39 is 17.2 Å². The molecule has 0 aliphatic heterocycles. The van der Waals surface area contributed by atoms with E-state index in [4.69, 9.17) is 5.73 Å². The van der Waals surface area contributed by atoms with E-state index in [9.17, 15) is 19.2 Å². The molecule has 9 nitrogen and oxygen atoms in total. The molecule has 1 saturated carbocycles. The topological polar surface area (TPSA) is 130 Å². The van der Waals surface area contributed by atoms with Crippen LogP contribution in [-0.2, 0) is 17.9 Å². The Hall–Kier alpha value is -4.14. The maximum atomic E-state index is 13.7. The zero-order valence-electron chi connectivity index (χ0n) is 19.6. The van der Waals surface area contributed by atoms with E-state index in [2.05, 4.69) is 10.3 Å². The number of carbonyl (C=O) groups is 2. The predicted molar refractivity (Wildman–Crippen MR) is 135 cm³/mol. The molecule has 35 heavy (non-hydrogen) atoms. The minimum absolute atomic E-state index is 0.0246. The molecule has 2 aromatic carbocycles. The summed E-state index contributed by atoms with van der Waals surface area (Å²) in [6.07, 6.45) is 3.31. The first kappa shape index (κ1) is 24.0. The highest BCUT2D eigenvalue weighted by Gasteiger charge is 2.30. The normalized spacial score (nSPS) is 12.8. The lowest BCUT2D eigenvalue weighted by Crippen LogP contribution is -2.41. The van der Waals surface area contributed by atoms with Crippen molar-refractivity contribution >= 4 is 29.0 Å². The molecule has 1 aliphatic rings. The van der Waals surface area contributed by atoms with Crippen LogP contribution in [0.25, 0.3) is 0 Å². The molecular formula is C26H29N5O4. The highest BCUT2D eigenvalue weighted by atomic mass is 16.2. The van der Waals surface area contributed by atoms with Crippen molar-refractivity contribution in [1.29, 1.82) is 0 Å². The Morgan fingerprint density at radius 1 is 1.09 bits per heavy atom. The first-order valence-corrected chi connectivity index (χ1v) is 11.8. The van der Waals surface area contributed by atoms with Crippen LogP contribution >= 0.6 is 0 Å². The summed E-state index contributed by atoms with van der Waals surface area (Å²) < 4.78 is 1.29. The molecule has 3 aromatic rings. The molecule has 0 radical (unpaired) electrons. The highest BCUT2D eigenvalue weighted by Crippen LogP contribution is 2.30. The third kappa shape index (κ3) is 5.51. The Bertz CT molecular complexity index is 1320. The van der Waals surface area contributed by atoms with E-state index in [0.717, 1.165) is 24.8 Å². The summed E-state index contributed by atoms with van der Waals surface area (Å²) in [4.78, 5) is 54.6. The largest absolute Gasteiger partial charge is 0.383 e. The van der Waals surface area contributed by atoms with Gasteiger partial charge in [0.05, 0.1) is 6.54 Å². The average Bonchev–Trinajstić information content (AvgIpc) is 3.70. The summed E-state index contributed by atoms with van der Waals surface area (Å²) in [6, 6.07) is 15.7. The fourth-order valence-electron chi connectivity index (χ4n) is 3.84. The lowest BCUT2D eigenvalue weighted by atomic mass is 10.1. The Labute approximate surface area is 202 Å². The molecule has 9 heteroatoms. The first-order valence-electron chi connectivity index (χ1n) is 11.8. The van der Waals surface area contributed by atoms with Gasteiger partial charge in [0.2, 0.25) is 5.91 Å². The smallest absolute Gasteiger partial charge is 0.330 e. The van der Waals surface area contributed by atoms with Crippen molar-refractivity contribution in [3.8, 4) is 0 Å². The number of nitrogens with two attached hydrogens (primary N) is 1. The number of carbonyl (C=O) groups excluding carboxylic acids is 2. The molecule has 2 amide bonds. The van der Waals surface area contributed by atoms with Gasteiger partial charge in [-0.2, -0.15) is 0 Å². The molecule has 182 valence electrons. The maximum absolute atomic E-state index is 13.7. The number of benzene rings is 2. The van der Waals surface area contributed by atoms with Crippen LogP contribution in [0.3, 0.4) is 0 Å².